The van der Waals surface area contributed by atoms with Crippen LogP contribution in [0.1, 0.15) is 25.8 Å². The van der Waals surface area contributed by atoms with Gasteiger partial charge in [0.2, 0.25) is 0 Å². The molecular formula is C15H24N2O3. The Bertz CT molecular complexity index is 435. The highest BCUT2D eigenvalue weighted by atomic mass is 16.5. The molecule has 0 heterocycles. The Morgan fingerprint density at radius 2 is 2.20 bits per heavy atom. The number of ether oxygens (including phenoxy) is 1. The monoisotopic (exact) mass is 280 g/mol. The summed E-state index contributed by atoms with van der Waals surface area (Å²) >= 11 is 0. The lowest BCUT2D eigenvalue weighted by molar-refractivity contribution is 0.243. The van der Waals surface area contributed by atoms with Gasteiger partial charge in [-0.15, -0.1) is 0 Å². The smallest absolute Gasteiger partial charge is 0.319 e. The first kappa shape index (κ1) is 16.3. The number of carbonyl (C=O) groups is 1. The average molecular weight is 280 g/mol. The molecule has 1 unspecified atom stereocenters. The van der Waals surface area contributed by atoms with E-state index in [1.807, 2.05) is 39.0 Å². The van der Waals surface area contributed by atoms with Crippen LogP contribution in [0.15, 0.2) is 18.2 Å². The number of anilines is 1. The maximum absolute atomic E-state index is 11.8. The third kappa shape index (κ3) is 5.48. The van der Waals surface area contributed by atoms with Crippen molar-refractivity contribution in [2.24, 2.45) is 5.92 Å². The van der Waals surface area contributed by atoms with E-state index in [4.69, 9.17) is 9.84 Å². The van der Waals surface area contributed by atoms with Gasteiger partial charge in [-0.1, -0.05) is 6.92 Å². The van der Waals surface area contributed by atoms with Gasteiger partial charge < -0.3 is 20.5 Å². The van der Waals surface area contributed by atoms with Gasteiger partial charge in [-0.25, -0.2) is 4.79 Å². The predicted molar refractivity (Wildman–Crippen MR) is 80.2 cm³/mol. The SMILES string of the molecule is CCOc1ccc(NC(=O)NCC(C)CCO)c(C)c1. The molecule has 20 heavy (non-hydrogen) atoms. The van der Waals surface area contributed by atoms with E-state index in [2.05, 4.69) is 10.6 Å². The second kappa shape index (κ2) is 8.43. The molecule has 3 N–H and O–H groups in total. The predicted octanol–water partition coefficient (Wildman–Crippen LogP) is 2.53. The topological polar surface area (TPSA) is 70.6 Å². The molecule has 5 heteroatoms. The third-order valence-electron chi connectivity index (χ3n) is 2.99. The minimum atomic E-state index is -0.234. The van der Waals surface area contributed by atoms with Gasteiger partial charge in [0, 0.05) is 18.8 Å². The van der Waals surface area contributed by atoms with Crippen LogP contribution in [0.25, 0.3) is 0 Å². The number of nitrogens with one attached hydrogen (secondary N) is 2. The highest BCUT2D eigenvalue weighted by molar-refractivity contribution is 5.90. The summed E-state index contributed by atoms with van der Waals surface area (Å²) in [6.07, 6.45) is 0.683. The molecule has 0 saturated carbocycles. The summed E-state index contributed by atoms with van der Waals surface area (Å²) in [4.78, 5) is 11.8. The Kier molecular flexibility index (Phi) is 6.87. The van der Waals surface area contributed by atoms with Crippen LogP contribution in [-0.2, 0) is 0 Å². The van der Waals surface area contributed by atoms with Gasteiger partial charge in [0.1, 0.15) is 5.75 Å². The van der Waals surface area contributed by atoms with Gasteiger partial charge in [-0.05, 0) is 49.9 Å². The third-order valence-corrected chi connectivity index (χ3v) is 2.99. The number of aliphatic hydroxyl groups is 1. The zero-order valence-corrected chi connectivity index (χ0v) is 12.4. The Hall–Kier alpha value is -1.75. The Balaban J connectivity index is 2.49. The van der Waals surface area contributed by atoms with Crippen molar-refractivity contribution in [3.8, 4) is 5.75 Å². The number of hydrogen-bond donors (Lipinski definition) is 3. The number of aliphatic hydroxyl groups excluding tert-OH is 1. The average Bonchev–Trinajstić information content (AvgIpc) is 2.40. The van der Waals surface area contributed by atoms with Crippen molar-refractivity contribution >= 4 is 11.7 Å². The van der Waals surface area contributed by atoms with Crippen LogP contribution in [0.2, 0.25) is 0 Å². The molecule has 1 aromatic rings. The molecule has 0 aliphatic carbocycles. The molecule has 0 aromatic heterocycles. The highest BCUT2D eigenvalue weighted by Crippen LogP contribution is 2.21. The van der Waals surface area contributed by atoms with Crippen molar-refractivity contribution in [1.82, 2.24) is 5.32 Å². The van der Waals surface area contributed by atoms with Gasteiger partial charge >= 0.3 is 6.03 Å². The number of rotatable bonds is 7. The maximum Gasteiger partial charge on any atom is 0.319 e. The molecule has 5 nitrogen and oxygen atoms in total. The molecule has 1 rings (SSSR count). The Morgan fingerprint density at radius 3 is 2.80 bits per heavy atom. The first-order chi connectivity index (χ1) is 9.56. The minimum absolute atomic E-state index is 0.141. The van der Waals surface area contributed by atoms with E-state index in [1.165, 1.54) is 0 Å². The van der Waals surface area contributed by atoms with Crippen LogP contribution in [-0.4, -0.2) is 30.9 Å². The number of urea groups is 1. The van der Waals surface area contributed by atoms with E-state index in [-0.39, 0.29) is 18.6 Å². The molecular weight excluding hydrogens is 256 g/mol. The highest BCUT2D eigenvalue weighted by Gasteiger charge is 2.07. The Morgan fingerprint density at radius 1 is 1.45 bits per heavy atom. The van der Waals surface area contributed by atoms with E-state index in [9.17, 15) is 4.79 Å². The van der Waals surface area contributed by atoms with Gasteiger partial charge in [0.15, 0.2) is 0 Å². The van der Waals surface area contributed by atoms with Gasteiger partial charge in [0.05, 0.1) is 6.61 Å². The van der Waals surface area contributed by atoms with E-state index < -0.39 is 0 Å². The second-order valence-corrected chi connectivity index (χ2v) is 4.86. The summed E-state index contributed by atoms with van der Waals surface area (Å²) in [6.45, 7) is 7.15. The molecule has 2 amide bonds. The molecule has 0 saturated heterocycles. The van der Waals surface area contributed by atoms with Crippen molar-refractivity contribution in [2.75, 3.05) is 25.1 Å². The minimum Gasteiger partial charge on any atom is -0.494 e. The number of benzene rings is 1. The number of carbonyl (C=O) groups excluding carboxylic acids is 1. The van der Waals surface area contributed by atoms with E-state index >= 15 is 0 Å². The molecule has 0 radical (unpaired) electrons. The number of amides is 2. The van der Waals surface area contributed by atoms with E-state index in [0.717, 1.165) is 17.0 Å². The molecule has 0 bridgehead atoms. The second-order valence-electron chi connectivity index (χ2n) is 4.86. The van der Waals surface area contributed by atoms with Crippen molar-refractivity contribution in [3.05, 3.63) is 23.8 Å². The van der Waals surface area contributed by atoms with Gasteiger partial charge in [-0.2, -0.15) is 0 Å². The summed E-state index contributed by atoms with van der Waals surface area (Å²) in [5.74, 6) is 1.06. The first-order valence-corrected chi connectivity index (χ1v) is 6.96. The van der Waals surface area contributed by atoms with E-state index in [1.54, 1.807) is 0 Å². The molecule has 1 atom stereocenters. The lowest BCUT2D eigenvalue weighted by Crippen LogP contribution is -2.32. The molecule has 1 aromatic carbocycles. The van der Waals surface area contributed by atoms with Gasteiger partial charge in [-0.3, -0.25) is 0 Å². The molecule has 0 aliphatic rings. The Labute approximate surface area is 120 Å². The quantitative estimate of drug-likeness (QED) is 0.719. The van der Waals surface area contributed by atoms with Gasteiger partial charge in [0.25, 0.3) is 0 Å². The summed E-state index contributed by atoms with van der Waals surface area (Å²) in [5.41, 5.74) is 1.72. The molecule has 0 aliphatic heterocycles. The number of hydrogen-bond acceptors (Lipinski definition) is 3. The van der Waals surface area contributed by atoms with Crippen LogP contribution < -0.4 is 15.4 Å². The van der Waals surface area contributed by atoms with Crippen molar-refractivity contribution in [1.29, 1.82) is 0 Å². The first-order valence-electron chi connectivity index (χ1n) is 6.96. The molecule has 0 fully saturated rings. The fraction of sp³-hybridized carbons (Fsp3) is 0.533. The molecule has 112 valence electrons. The van der Waals surface area contributed by atoms with Crippen LogP contribution in [0.5, 0.6) is 5.75 Å². The van der Waals surface area contributed by atoms with Crippen LogP contribution >= 0.6 is 0 Å². The van der Waals surface area contributed by atoms with Crippen LogP contribution in [0.3, 0.4) is 0 Å². The fourth-order valence-electron chi connectivity index (χ4n) is 1.79. The summed E-state index contributed by atoms with van der Waals surface area (Å²) in [7, 11) is 0. The summed E-state index contributed by atoms with van der Waals surface area (Å²) in [5, 5.41) is 14.4. The van der Waals surface area contributed by atoms with E-state index in [0.29, 0.717) is 19.6 Å². The van der Waals surface area contributed by atoms with Crippen molar-refractivity contribution in [3.63, 3.8) is 0 Å². The lowest BCUT2D eigenvalue weighted by atomic mass is 10.1. The zero-order chi connectivity index (χ0) is 15.0. The fourth-order valence-corrected chi connectivity index (χ4v) is 1.79. The van der Waals surface area contributed by atoms with Crippen LogP contribution in [0, 0.1) is 12.8 Å². The standard InChI is InChI=1S/C15H24N2O3/c1-4-20-13-5-6-14(12(3)9-13)17-15(19)16-10-11(2)7-8-18/h5-6,9,11,18H,4,7-8,10H2,1-3H3,(H2,16,17,19). The summed E-state index contributed by atoms with van der Waals surface area (Å²) < 4.78 is 5.40. The molecule has 0 spiro atoms. The summed E-state index contributed by atoms with van der Waals surface area (Å²) in [6, 6.07) is 5.33. The maximum atomic E-state index is 11.8. The zero-order valence-electron chi connectivity index (χ0n) is 12.4. The lowest BCUT2D eigenvalue weighted by Gasteiger charge is -2.14. The largest absolute Gasteiger partial charge is 0.494 e. The van der Waals surface area contributed by atoms with Crippen LogP contribution in [0.4, 0.5) is 10.5 Å². The van der Waals surface area contributed by atoms with Crippen molar-refractivity contribution in [2.45, 2.75) is 27.2 Å². The van der Waals surface area contributed by atoms with Crippen molar-refractivity contribution < 1.29 is 14.6 Å². The normalized spacial score (nSPS) is 11.8. The number of aryl methyl sites for hydroxylation is 1.